The van der Waals surface area contributed by atoms with Gasteiger partial charge in [0.05, 0.1) is 18.7 Å². The van der Waals surface area contributed by atoms with Crippen molar-refractivity contribution in [1.29, 1.82) is 0 Å². The molecule has 1 aromatic carbocycles. The predicted molar refractivity (Wildman–Crippen MR) is 65.7 cm³/mol. The summed E-state index contributed by atoms with van der Waals surface area (Å²) in [5.41, 5.74) is 1.36. The van der Waals surface area contributed by atoms with Gasteiger partial charge in [-0.15, -0.1) is 0 Å². The van der Waals surface area contributed by atoms with Crippen LogP contribution >= 0.6 is 0 Å². The molecular weight excluding hydrogens is 228 g/mol. The number of Topliss-reactive ketones (excluding diaryl/α,β-unsaturated/α-hetero) is 1. The molecule has 2 aromatic rings. The first-order chi connectivity index (χ1) is 8.86. The highest BCUT2D eigenvalue weighted by Crippen LogP contribution is 2.34. The van der Waals surface area contributed by atoms with Gasteiger partial charge in [0.2, 0.25) is 0 Å². The Morgan fingerprint density at radius 2 is 2.17 bits per heavy atom. The lowest BCUT2D eigenvalue weighted by Crippen LogP contribution is -2.22. The quantitative estimate of drug-likeness (QED) is 0.755. The van der Waals surface area contributed by atoms with E-state index in [2.05, 4.69) is 9.97 Å². The molecule has 4 nitrogen and oxygen atoms in total. The predicted octanol–water partition coefficient (Wildman–Crippen LogP) is 2.23. The highest BCUT2D eigenvalue weighted by atomic mass is 16.5. The number of rotatable bonds is 2. The lowest BCUT2D eigenvalue weighted by atomic mass is 9.88. The molecule has 0 fully saturated rings. The Bertz CT molecular complexity index is 569. The number of hydrogen-bond acceptors (Lipinski definition) is 4. The van der Waals surface area contributed by atoms with E-state index in [4.69, 9.17) is 4.74 Å². The van der Waals surface area contributed by atoms with Crippen LogP contribution in [0.15, 0.2) is 42.9 Å². The van der Waals surface area contributed by atoms with Crippen LogP contribution in [-0.4, -0.2) is 22.4 Å². The largest absolute Gasteiger partial charge is 0.493 e. The number of ketones is 1. The Hall–Kier alpha value is -2.23. The monoisotopic (exact) mass is 240 g/mol. The van der Waals surface area contributed by atoms with E-state index in [-0.39, 0.29) is 11.7 Å². The lowest BCUT2D eigenvalue weighted by molar-refractivity contribution is 0.0927. The van der Waals surface area contributed by atoms with E-state index in [0.29, 0.717) is 18.7 Å². The minimum Gasteiger partial charge on any atom is -0.493 e. The van der Waals surface area contributed by atoms with Gasteiger partial charge in [-0.3, -0.25) is 9.78 Å². The summed E-state index contributed by atoms with van der Waals surface area (Å²) in [6, 6.07) is 7.66. The third-order valence-electron chi connectivity index (χ3n) is 3.09. The molecule has 0 aliphatic carbocycles. The second kappa shape index (κ2) is 4.56. The van der Waals surface area contributed by atoms with E-state index < -0.39 is 0 Å². The van der Waals surface area contributed by atoms with Gasteiger partial charge in [-0.2, -0.15) is 0 Å². The molecule has 2 heterocycles. The van der Waals surface area contributed by atoms with Crippen molar-refractivity contribution in [3.63, 3.8) is 0 Å². The molecule has 4 heteroatoms. The van der Waals surface area contributed by atoms with Gasteiger partial charge < -0.3 is 4.74 Å². The van der Waals surface area contributed by atoms with Crippen LogP contribution in [0.3, 0.4) is 0 Å². The Morgan fingerprint density at radius 3 is 3.00 bits per heavy atom. The standard InChI is InChI=1S/C14H12N2O2/c17-14(12-9-15-6-7-16-12)11-5-8-18-13-4-2-1-3-10(11)13/h1-4,6-7,9,11H,5,8H2. The first-order valence-corrected chi connectivity index (χ1v) is 5.88. The number of nitrogens with zero attached hydrogens (tertiary/aromatic N) is 2. The maximum atomic E-state index is 12.4. The van der Waals surface area contributed by atoms with Crippen LogP contribution in [-0.2, 0) is 0 Å². The normalized spacial score (nSPS) is 17.7. The fourth-order valence-corrected chi connectivity index (χ4v) is 2.22. The van der Waals surface area contributed by atoms with Crippen molar-refractivity contribution in [1.82, 2.24) is 9.97 Å². The summed E-state index contributed by atoms with van der Waals surface area (Å²) in [4.78, 5) is 20.4. The number of fused-ring (bicyclic) bond motifs is 1. The number of carbonyl (C=O) groups excluding carboxylic acids is 1. The van der Waals surface area contributed by atoms with Crippen LogP contribution in [0.5, 0.6) is 5.75 Å². The first-order valence-electron chi connectivity index (χ1n) is 5.88. The fraction of sp³-hybridized carbons (Fsp3) is 0.214. The maximum Gasteiger partial charge on any atom is 0.190 e. The van der Waals surface area contributed by atoms with E-state index in [0.717, 1.165) is 11.3 Å². The van der Waals surface area contributed by atoms with Gasteiger partial charge in [-0.05, 0) is 12.5 Å². The number of ether oxygens (including phenoxy) is 1. The van der Waals surface area contributed by atoms with Crippen LogP contribution in [0.1, 0.15) is 28.4 Å². The minimum atomic E-state index is -0.174. The zero-order chi connectivity index (χ0) is 12.4. The molecule has 1 aromatic heterocycles. The molecule has 1 atom stereocenters. The number of carbonyl (C=O) groups is 1. The lowest BCUT2D eigenvalue weighted by Gasteiger charge is -2.24. The highest BCUT2D eigenvalue weighted by molar-refractivity contribution is 5.99. The van der Waals surface area contributed by atoms with Crippen LogP contribution in [0.2, 0.25) is 0 Å². The fourth-order valence-electron chi connectivity index (χ4n) is 2.22. The highest BCUT2D eigenvalue weighted by Gasteiger charge is 2.28. The molecule has 0 bridgehead atoms. The summed E-state index contributed by atoms with van der Waals surface area (Å²) in [7, 11) is 0. The maximum absolute atomic E-state index is 12.4. The summed E-state index contributed by atoms with van der Waals surface area (Å²) in [6.07, 6.45) is 5.31. The summed E-state index contributed by atoms with van der Waals surface area (Å²) >= 11 is 0. The third-order valence-corrected chi connectivity index (χ3v) is 3.09. The molecule has 3 rings (SSSR count). The van der Waals surface area contributed by atoms with Gasteiger partial charge >= 0.3 is 0 Å². The van der Waals surface area contributed by atoms with Crippen LogP contribution in [0.25, 0.3) is 0 Å². The smallest absolute Gasteiger partial charge is 0.190 e. The van der Waals surface area contributed by atoms with E-state index in [1.54, 1.807) is 12.4 Å². The molecule has 0 spiro atoms. The van der Waals surface area contributed by atoms with Gasteiger partial charge in [-0.1, -0.05) is 18.2 Å². The number of aromatic nitrogens is 2. The SMILES string of the molecule is O=C(c1cnccn1)C1CCOc2ccccc21. The Morgan fingerprint density at radius 1 is 1.28 bits per heavy atom. The van der Waals surface area contributed by atoms with Crippen molar-refractivity contribution in [2.75, 3.05) is 6.61 Å². The zero-order valence-electron chi connectivity index (χ0n) is 9.74. The average Bonchev–Trinajstić information content (AvgIpc) is 2.47. The molecule has 0 radical (unpaired) electrons. The van der Waals surface area contributed by atoms with Crippen LogP contribution in [0.4, 0.5) is 0 Å². The molecule has 0 saturated carbocycles. The van der Waals surface area contributed by atoms with Crippen molar-refractivity contribution < 1.29 is 9.53 Å². The van der Waals surface area contributed by atoms with Crippen molar-refractivity contribution in [2.45, 2.75) is 12.3 Å². The molecule has 0 amide bonds. The number of hydrogen-bond donors (Lipinski definition) is 0. The Kier molecular flexibility index (Phi) is 2.76. The van der Waals surface area contributed by atoms with Gasteiger partial charge in [0, 0.05) is 18.0 Å². The van der Waals surface area contributed by atoms with Gasteiger partial charge in [0.25, 0.3) is 0 Å². The molecule has 0 N–H and O–H groups in total. The summed E-state index contributed by atoms with van der Waals surface area (Å²) in [5, 5.41) is 0. The molecule has 18 heavy (non-hydrogen) atoms. The average molecular weight is 240 g/mol. The number of benzene rings is 1. The Labute approximate surface area is 105 Å². The first kappa shape index (κ1) is 10.9. The minimum absolute atomic E-state index is 0.0128. The van der Waals surface area contributed by atoms with E-state index in [1.165, 1.54) is 6.20 Å². The molecule has 0 saturated heterocycles. The summed E-state index contributed by atoms with van der Waals surface area (Å²) < 4.78 is 5.55. The van der Waals surface area contributed by atoms with E-state index >= 15 is 0 Å². The summed E-state index contributed by atoms with van der Waals surface area (Å²) in [6.45, 7) is 0.563. The van der Waals surface area contributed by atoms with Crippen LogP contribution < -0.4 is 4.74 Å². The molecule has 1 aliphatic rings. The van der Waals surface area contributed by atoms with Gasteiger partial charge in [-0.25, -0.2) is 4.98 Å². The third kappa shape index (κ3) is 1.86. The van der Waals surface area contributed by atoms with Gasteiger partial charge in [0.15, 0.2) is 5.78 Å². The van der Waals surface area contributed by atoms with E-state index in [9.17, 15) is 4.79 Å². The number of para-hydroxylation sites is 1. The topological polar surface area (TPSA) is 52.1 Å². The Balaban J connectivity index is 1.97. The van der Waals surface area contributed by atoms with Crippen molar-refractivity contribution >= 4 is 5.78 Å². The molecular formula is C14H12N2O2. The van der Waals surface area contributed by atoms with Gasteiger partial charge in [0.1, 0.15) is 11.4 Å². The zero-order valence-corrected chi connectivity index (χ0v) is 9.74. The second-order valence-electron chi connectivity index (χ2n) is 4.18. The van der Waals surface area contributed by atoms with Crippen molar-refractivity contribution in [3.8, 4) is 5.75 Å². The van der Waals surface area contributed by atoms with Crippen LogP contribution in [0, 0.1) is 0 Å². The molecule has 1 aliphatic heterocycles. The van der Waals surface area contributed by atoms with E-state index in [1.807, 2.05) is 24.3 Å². The molecule has 1 unspecified atom stereocenters. The molecule has 90 valence electrons. The van der Waals surface area contributed by atoms with Crippen molar-refractivity contribution in [3.05, 3.63) is 54.1 Å². The second-order valence-corrected chi connectivity index (χ2v) is 4.18. The van der Waals surface area contributed by atoms with Crippen molar-refractivity contribution in [2.24, 2.45) is 0 Å². The summed E-state index contributed by atoms with van der Waals surface area (Å²) in [5.74, 6) is 0.636.